The molecule has 2 aromatic heterocycles. The molecule has 28 heavy (non-hydrogen) atoms. The number of benzene rings is 2. The van der Waals surface area contributed by atoms with Gasteiger partial charge in [0.1, 0.15) is 5.82 Å². The largest absolute Gasteiger partial charge is 0.342 e. The number of imidazole rings is 1. The van der Waals surface area contributed by atoms with Crippen molar-refractivity contribution >= 4 is 34.1 Å². The van der Waals surface area contributed by atoms with E-state index in [1.165, 1.54) is 0 Å². The SMILES string of the molecule is Clc1ccc2nc(C3CN(Cc4nccnc4Nc4ccccc4)C3)[nH]c2c1. The fourth-order valence-corrected chi connectivity index (χ4v) is 3.70. The summed E-state index contributed by atoms with van der Waals surface area (Å²) >= 11 is 6.07. The molecule has 1 fully saturated rings. The Hall–Kier alpha value is -2.96. The normalized spacial score (nSPS) is 14.9. The van der Waals surface area contributed by atoms with E-state index >= 15 is 0 Å². The van der Waals surface area contributed by atoms with E-state index < -0.39 is 0 Å². The Balaban J connectivity index is 1.26. The number of aromatic nitrogens is 4. The van der Waals surface area contributed by atoms with Crippen molar-refractivity contribution in [2.24, 2.45) is 0 Å². The summed E-state index contributed by atoms with van der Waals surface area (Å²) in [6.45, 7) is 2.63. The minimum absolute atomic E-state index is 0.397. The van der Waals surface area contributed by atoms with Crippen LogP contribution in [0.3, 0.4) is 0 Å². The first kappa shape index (κ1) is 17.2. The Morgan fingerprint density at radius 1 is 1.07 bits per heavy atom. The second-order valence-electron chi connectivity index (χ2n) is 7.02. The molecular weight excluding hydrogens is 372 g/mol. The van der Waals surface area contributed by atoms with Crippen molar-refractivity contribution in [2.45, 2.75) is 12.5 Å². The zero-order valence-electron chi connectivity index (χ0n) is 15.1. The van der Waals surface area contributed by atoms with E-state index in [0.29, 0.717) is 5.92 Å². The van der Waals surface area contributed by atoms with Crippen LogP contribution in [-0.2, 0) is 6.54 Å². The van der Waals surface area contributed by atoms with Crippen molar-refractivity contribution < 1.29 is 0 Å². The van der Waals surface area contributed by atoms with Crippen LogP contribution in [0.2, 0.25) is 5.02 Å². The Bertz CT molecular complexity index is 1100. The third-order valence-corrected chi connectivity index (χ3v) is 5.23. The van der Waals surface area contributed by atoms with Crippen LogP contribution >= 0.6 is 11.6 Å². The van der Waals surface area contributed by atoms with Gasteiger partial charge < -0.3 is 10.3 Å². The highest BCUT2D eigenvalue weighted by atomic mass is 35.5. The molecular formula is C21H19ClN6. The number of H-pyrrole nitrogens is 1. The maximum atomic E-state index is 6.07. The number of nitrogens with zero attached hydrogens (tertiary/aromatic N) is 4. The van der Waals surface area contributed by atoms with E-state index in [-0.39, 0.29) is 0 Å². The van der Waals surface area contributed by atoms with Crippen molar-refractivity contribution in [3.8, 4) is 0 Å². The van der Waals surface area contributed by atoms with Gasteiger partial charge in [0, 0.05) is 48.7 Å². The van der Waals surface area contributed by atoms with Gasteiger partial charge in [-0.1, -0.05) is 29.8 Å². The third kappa shape index (κ3) is 3.44. The molecule has 0 unspecified atom stereocenters. The van der Waals surface area contributed by atoms with E-state index in [4.69, 9.17) is 16.6 Å². The summed E-state index contributed by atoms with van der Waals surface area (Å²) in [6, 6.07) is 15.8. The van der Waals surface area contributed by atoms with Gasteiger partial charge in [-0.05, 0) is 30.3 Å². The van der Waals surface area contributed by atoms with Gasteiger partial charge in [0.25, 0.3) is 0 Å². The van der Waals surface area contributed by atoms with E-state index in [2.05, 4.69) is 25.2 Å². The molecule has 0 atom stereocenters. The number of hydrogen-bond acceptors (Lipinski definition) is 5. The van der Waals surface area contributed by atoms with Crippen molar-refractivity contribution in [1.29, 1.82) is 0 Å². The fraction of sp³-hybridized carbons (Fsp3) is 0.190. The van der Waals surface area contributed by atoms with Crippen LogP contribution in [-0.4, -0.2) is 37.9 Å². The van der Waals surface area contributed by atoms with Crippen LogP contribution in [0.5, 0.6) is 0 Å². The smallest absolute Gasteiger partial charge is 0.153 e. The van der Waals surface area contributed by atoms with Gasteiger partial charge in [0.2, 0.25) is 0 Å². The lowest BCUT2D eigenvalue weighted by Crippen LogP contribution is -2.44. The summed E-state index contributed by atoms with van der Waals surface area (Å²) in [6.07, 6.45) is 3.46. The number of nitrogens with one attached hydrogen (secondary N) is 2. The lowest BCUT2D eigenvalue weighted by atomic mass is 9.99. The van der Waals surface area contributed by atoms with Crippen molar-refractivity contribution in [1.82, 2.24) is 24.8 Å². The Labute approximate surface area is 167 Å². The molecule has 1 aliphatic rings. The summed E-state index contributed by atoms with van der Waals surface area (Å²) < 4.78 is 0. The molecule has 2 aromatic carbocycles. The summed E-state index contributed by atoms with van der Waals surface area (Å²) in [4.78, 5) is 19.5. The maximum Gasteiger partial charge on any atom is 0.153 e. The molecule has 140 valence electrons. The first-order valence-electron chi connectivity index (χ1n) is 9.24. The quantitative estimate of drug-likeness (QED) is 0.530. The van der Waals surface area contributed by atoms with E-state index in [9.17, 15) is 0 Å². The highest BCUT2D eigenvalue weighted by Crippen LogP contribution is 2.29. The number of hydrogen-bond donors (Lipinski definition) is 2. The third-order valence-electron chi connectivity index (χ3n) is 4.99. The predicted octanol–water partition coefficient (Wildman–Crippen LogP) is 4.35. The molecule has 6 nitrogen and oxygen atoms in total. The monoisotopic (exact) mass is 390 g/mol. The molecule has 7 heteroatoms. The van der Waals surface area contributed by atoms with Gasteiger partial charge in [-0.3, -0.25) is 9.88 Å². The molecule has 1 aliphatic heterocycles. The Morgan fingerprint density at radius 2 is 1.89 bits per heavy atom. The van der Waals surface area contributed by atoms with Crippen LogP contribution in [0.4, 0.5) is 11.5 Å². The number of rotatable bonds is 5. The van der Waals surface area contributed by atoms with Crippen LogP contribution in [0, 0.1) is 0 Å². The minimum atomic E-state index is 0.397. The summed E-state index contributed by atoms with van der Waals surface area (Å²) in [5, 5.41) is 4.08. The van der Waals surface area contributed by atoms with E-state index in [1.807, 2.05) is 48.5 Å². The summed E-state index contributed by atoms with van der Waals surface area (Å²) in [7, 11) is 0. The molecule has 4 aromatic rings. The van der Waals surface area contributed by atoms with Gasteiger partial charge in [-0.15, -0.1) is 0 Å². The molecule has 0 amide bonds. The molecule has 5 rings (SSSR count). The molecule has 0 radical (unpaired) electrons. The van der Waals surface area contributed by atoms with Crippen LogP contribution in [0.1, 0.15) is 17.4 Å². The number of fused-ring (bicyclic) bond motifs is 1. The highest BCUT2D eigenvalue weighted by Gasteiger charge is 2.31. The van der Waals surface area contributed by atoms with Crippen LogP contribution in [0.25, 0.3) is 11.0 Å². The molecule has 0 bridgehead atoms. The molecule has 3 heterocycles. The van der Waals surface area contributed by atoms with Gasteiger partial charge in [-0.2, -0.15) is 0 Å². The number of aromatic amines is 1. The van der Waals surface area contributed by atoms with E-state index in [1.54, 1.807) is 12.4 Å². The topological polar surface area (TPSA) is 69.7 Å². The Morgan fingerprint density at radius 3 is 2.75 bits per heavy atom. The predicted molar refractivity (Wildman–Crippen MR) is 111 cm³/mol. The molecule has 0 spiro atoms. The van der Waals surface area contributed by atoms with Crippen molar-refractivity contribution in [3.63, 3.8) is 0 Å². The standard InChI is InChI=1S/C21H19ClN6/c22-15-6-7-17-18(10-15)27-20(26-17)14-11-28(12-14)13-19-21(24-9-8-23-19)25-16-4-2-1-3-5-16/h1-10,14H,11-13H2,(H,24,25)(H,26,27). The zero-order chi connectivity index (χ0) is 18.9. The van der Waals surface area contributed by atoms with Gasteiger partial charge >= 0.3 is 0 Å². The summed E-state index contributed by atoms with van der Waals surface area (Å²) in [5.41, 5.74) is 3.90. The number of likely N-dealkylation sites (tertiary alicyclic amines) is 1. The number of halogens is 1. The van der Waals surface area contributed by atoms with Crippen molar-refractivity contribution in [3.05, 3.63) is 77.5 Å². The average Bonchev–Trinajstić information content (AvgIpc) is 3.09. The molecule has 1 saturated heterocycles. The maximum absolute atomic E-state index is 6.07. The number of anilines is 2. The zero-order valence-corrected chi connectivity index (χ0v) is 15.9. The van der Waals surface area contributed by atoms with E-state index in [0.717, 1.165) is 58.7 Å². The lowest BCUT2D eigenvalue weighted by Gasteiger charge is -2.38. The lowest BCUT2D eigenvalue weighted by molar-refractivity contribution is 0.134. The van der Waals surface area contributed by atoms with Gasteiger partial charge in [0.05, 0.1) is 16.7 Å². The van der Waals surface area contributed by atoms with Crippen LogP contribution in [0.15, 0.2) is 60.9 Å². The first-order chi connectivity index (χ1) is 13.7. The first-order valence-corrected chi connectivity index (χ1v) is 9.62. The fourth-order valence-electron chi connectivity index (χ4n) is 3.52. The second kappa shape index (κ2) is 7.22. The van der Waals surface area contributed by atoms with Gasteiger partial charge in [-0.25, -0.2) is 9.97 Å². The average molecular weight is 391 g/mol. The molecule has 0 saturated carbocycles. The number of para-hydroxylation sites is 1. The van der Waals surface area contributed by atoms with Crippen LogP contribution < -0.4 is 5.32 Å². The second-order valence-corrected chi connectivity index (χ2v) is 7.45. The van der Waals surface area contributed by atoms with Crippen molar-refractivity contribution in [2.75, 3.05) is 18.4 Å². The molecule has 0 aliphatic carbocycles. The minimum Gasteiger partial charge on any atom is -0.342 e. The molecule has 2 N–H and O–H groups in total. The Kier molecular flexibility index (Phi) is 4.43. The van der Waals surface area contributed by atoms with Gasteiger partial charge in [0.15, 0.2) is 5.82 Å². The summed E-state index contributed by atoms with van der Waals surface area (Å²) in [5.74, 6) is 2.22. The highest BCUT2D eigenvalue weighted by molar-refractivity contribution is 6.31.